The fourth-order valence-electron chi connectivity index (χ4n) is 6.07. The summed E-state index contributed by atoms with van der Waals surface area (Å²) in [4.78, 5) is 16.3. The molecule has 2 aliphatic carbocycles. The molecule has 2 fully saturated rings. The molecule has 0 radical (unpaired) electrons. The number of aliphatic hydroxyl groups excluding tert-OH is 2. The summed E-state index contributed by atoms with van der Waals surface area (Å²) in [5.41, 5.74) is -1.96. The smallest absolute Gasteiger partial charge is 0.255 e. The molecule has 2 aliphatic rings. The van der Waals surface area contributed by atoms with Crippen LogP contribution >= 0.6 is 11.6 Å². The summed E-state index contributed by atoms with van der Waals surface area (Å²) in [5.74, 6) is -5.04. The number of halogens is 4. The molecule has 2 bridgehead atoms. The van der Waals surface area contributed by atoms with Gasteiger partial charge < -0.3 is 20.6 Å². The van der Waals surface area contributed by atoms with Crippen LogP contribution in [-0.4, -0.2) is 51.6 Å². The fraction of sp³-hybridized carbons (Fsp3) is 0.357. The van der Waals surface area contributed by atoms with Crippen LogP contribution in [-0.2, 0) is 9.84 Å². The maximum Gasteiger partial charge on any atom is 0.255 e. The minimum Gasteiger partial charge on any atom is -0.387 e. The molecular weight excluding hydrogens is 585 g/mol. The number of amides is 1. The number of aromatic nitrogens is 1. The van der Waals surface area contributed by atoms with Gasteiger partial charge in [-0.1, -0.05) is 11.6 Å². The van der Waals surface area contributed by atoms with E-state index < -0.39 is 68.1 Å². The van der Waals surface area contributed by atoms with Gasteiger partial charge in [0.15, 0.2) is 21.5 Å². The van der Waals surface area contributed by atoms with Gasteiger partial charge in [-0.3, -0.25) is 9.78 Å². The molecule has 4 N–H and O–H groups in total. The monoisotopic (exact) mass is 610 g/mol. The lowest BCUT2D eigenvalue weighted by atomic mass is 9.69. The van der Waals surface area contributed by atoms with Crippen molar-refractivity contribution in [2.75, 3.05) is 5.32 Å². The first-order valence-corrected chi connectivity index (χ1v) is 14.7. The number of rotatable bonds is 7. The van der Waals surface area contributed by atoms with Crippen molar-refractivity contribution in [2.45, 2.75) is 53.6 Å². The minimum absolute atomic E-state index is 0.0343. The number of aliphatic hydroxyl groups is 3. The first kappa shape index (κ1) is 29.5. The molecule has 4 atom stereocenters. The van der Waals surface area contributed by atoms with Gasteiger partial charge in [0, 0.05) is 17.3 Å². The molecule has 2 saturated carbocycles. The summed E-state index contributed by atoms with van der Waals surface area (Å²) < 4.78 is 67.6. The lowest BCUT2D eigenvalue weighted by Crippen LogP contribution is -2.57. The summed E-state index contributed by atoms with van der Waals surface area (Å²) in [6.07, 6.45) is -1.74. The second-order valence-corrected chi connectivity index (χ2v) is 13.1. The summed E-state index contributed by atoms with van der Waals surface area (Å²) >= 11 is 6.26. The van der Waals surface area contributed by atoms with Crippen molar-refractivity contribution >= 4 is 33.0 Å². The average molecular weight is 611 g/mol. The molecule has 1 amide bonds. The predicted octanol–water partition coefficient (Wildman–Crippen LogP) is 4.19. The quantitative estimate of drug-likeness (QED) is 0.315. The van der Waals surface area contributed by atoms with Crippen LogP contribution in [0, 0.1) is 29.3 Å². The average Bonchev–Trinajstić information content (AvgIpc) is 3.10. The molecule has 1 aromatic heterocycles. The van der Waals surface area contributed by atoms with E-state index in [1.807, 2.05) is 0 Å². The van der Waals surface area contributed by atoms with Gasteiger partial charge >= 0.3 is 0 Å². The van der Waals surface area contributed by atoms with E-state index in [0.717, 1.165) is 36.5 Å². The highest BCUT2D eigenvalue weighted by atomic mass is 35.5. The summed E-state index contributed by atoms with van der Waals surface area (Å²) in [7, 11) is -4.14. The molecule has 41 heavy (non-hydrogen) atoms. The van der Waals surface area contributed by atoms with Crippen LogP contribution in [0.15, 0.2) is 59.6 Å². The van der Waals surface area contributed by atoms with E-state index in [9.17, 15) is 41.7 Å². The van der Waals surface area contributed by atoms with Gasteiger partial charge in [-0.25, -0.2) is 21.6 Å². The number of hydrogen-bond acceptors (Lipinski definition) is 7. The highest BCUT2D eigenvalue weighted by Gasteiger charge is 2.60. The third kappa shape index (κ3) is 5.35. The van der Waals surface area contributed by atoms with Crippen LogP contribution in [0.3, 0.4) is 0 Å². The van der Waals surface area contributed by atoms with Crippen LogP contribution in [0.25, 0.3) is 0 Å². The Labute approximate surface area is 238 Å². The molecule has 4 unspecified atom stereocenters. The van der Waals surface area contributed by atoms with Crippen molar-refractivity contribution in [3.05, 3.63) is 88.5 Å². The molecule has 0 aliphatic heterocycles. The van der Waals surface area contributed by atoms with Crippen molar-refractivity contribution in [1.29, 1.82) is 0 Å². The zero-order valence-corrected chi connectivity index (χ0v) is 22.9. The standard InChI is InChI=1S/C28H26ClF3N2O6S/c29-20-6-1-14(27(37)34-18-5-7-21(31)22(32)12-18)9-24(20)41(39,40)19-10-15-2-3-16(11-19)28(15,38)26(36)25(35)23-8-4-17(30)13-33-23/h1,4-9,12-13,15-16,19,25-26,35-36,38H,2-3,10-11H2,(H,34,37)/t15?,16?,19-,25?,26?,28-. The zero-order valence-electron chi connectivity index (χ0n) is 21.3. The molecule has 5 rings (SSSR count). The van der Waals surface area contributed by atoms with Gasteiger partial charge in [0.05, 0.1) is 32.7 Å². The van der Waals surface area contributed by atoms with Gasteiger partial charge in [0.1, 0.15) is 18.0 Å². The lowest BCUT2D eigenvalue weighted by molar-refractivity contribution is -0.178. The fourth-order valence-corrected chi connectivity index (χ4v) is 8.48. The number of anilines is 1. The van der Waals surface area contributed by atoms with Crippen LogP contribution in [0.4, 0.5) is 18.9 Å². The third-order valence-electron chi connectivity index (χ3n) is 8.21. The van der Waals surface area contributed by atoms with E-state index in [4.69, 9.17) is 11.6 Å². The maximum absolute atomic E-state index is 13.8. The van der Waals surface area contributed by atoms with E-state index in [1.54, 1.807) is 0 Å². The Bertz CT molecular complexity index is 1580. The van der Waals surface area contributed by atoms with E-state index >= 15 is 0 Å². The SMILES string of the molecule is O=C(Nc1ccc(F)c(F)c1)c1ccc(Cl)c(S(=O)(=O)[C@H]2CC3CCC(C2)[C@]3(O)C(O)C(O)c2ccc(F)cn2)c1. The van der Waals surface area contributed by atoms with Crippen molar-refractivity contribution in [2.24, 2.45) is 11.8 Å². The summed E-state index contributed by atoms with van der Waals surface area (Å²) in [5, 5.41) is 34.6. The highest BCUT2D eigenvalue weighted by Crippen LogP contribution is 2.55. The number of nitrogens with one attached hydrogen (secondary N) is 1. The lowest BCUT2D eigenvalue weighted by Gasteiger charge is -2.46. The number of carbonyl (C=O) groups is 1. The Kier molecular flexibility index (Phi) is 7.90. The Morgan fingerprint density at radius 2 is 1.68 bits per heavy atom. The Hall–Kier alpha value is -3.03. The Balaban J connectivity index is 1.36. The second kappa shape index (κ2) is 11.0. The molecule has 218 valence electrons. The molecule has 2 aromatic carbocycles. The maximum atomic E-state index is 13.8. The molecule has 0 saturated heterocycles. The largest absolute Gasteiger partial charge is 0.387 e. The van der Waals surface area contributed by atoms with Gasteiger partial charge in [-0.15, -0.1) is 0 Å². The summed E-state index contributed by atoms with van der Waals surface area (Å²) in [6, 6.07) is 8.69. The van der Waals surface area contributed by atoms with E-state index in [0.29, 0.717) is 12.8 Å². The molecule has 0 spiro atoms. The van der Waals surface area contributed by atoms with Gasteiger partial charge in [0.2, 0.25) is 0 Å². The van der Waals surface area contributed by atoms with Crippen molar-refractivity contribution in [1.82, 2.24) is 4.98 Å². The molecule has 13 heteroatoms. The predicted molar refractivity (Wildman–Crippen MR) is 142 cm³/mol. The number of hydrogen-bond donors (Lipinski definition) is 4. The topological polar surface area (TPSA) is 137 Å². The van der Waals surface area contributed by atoms with Gasteiger partial charge in [0.25, 0.3) is 5.91 Å². The number of benzene rings is 2. The van der Waals surface area contributed by atoms with Crippen LogP contribution in [0.5, 0.6) is 0 Å². The number of pyridine rings is 1. The van der Waals surface area contributed by atoms with Crippen LogP contribution < -0.4 is 5.32 Å². The van der Waals surface area contributed by atoms with Crippen molar-refractivity contribution in [3.8, 4) is 0 Å². The molecule has 3 aromatic rings. The summed E-state index contributed by atoms with van der Waals surface area (Å²) in [6.45, 7) is 0. The molecule has 1 heterocycles. The van der Waals surface area contributed by atoms with E-state index in [1.165, 1.54) is 18.2 Å². The zero-order chi connectivity index (χ0) is 29.7. The van der Waals surface area contributed by atoms with Gasteiger partial charge in [-0.05, 0) is 80.0 Å². The first-order valence-electron chi connectivity index (χ1n) is 12.8. The van der Waals surface area contributed by atoms with Crippen LogP contribution in [0.1, 0.15) is 47.8 Å². The van der Waals surface area contributed by atoms with Crippen molar-refractivity contribution in [3.63, 3.8) is 0 Å². The highest BCUT2D eigenvalue weighted by molar-refractivity contribution is 7.92. The van der Waals surface area contributed by atoms with Gasteiger partial charge in [-0.2, -0.15) is 0 Å². The molecular formula is C28H26ClF3N2O6S. The van der Waals surface area contributed by atoms with E-state index in [-0.39, 0.29) is 39.7 Å². The number of nitrogens with zero attached hydrogens (tertiary/aromatic N) is 1. The number of fused-ring (bicyclic) bond motifs is 2. The number of carbonyl (C=O) groups excluding carboxylic acids is 1. The molecule has 8 nitrogen and oxygen atoms in total. The van der Waals surface area contributed by atoms with Crippen molar-refractivity contribution < 1.29 is 41.7 Å². The minimum atomic E-state index is -4.14. The second-order valence-electron chi connectivity index (χ2n) is 10.5. The Morgan fingerprint density at radius 1 is 1.00 bits per heavy atom. The normalized spacial score (nSPS) is 25.5. The van der Waals surface area contributed by atoms with Crippen LogP contribution in [0.2, 0.25) is 5.02 Å². The first-order chi connectivity index (χ1) is 19.3. The third-order valence-corrected chi connectivity index (χ3v) is 10.9. The number of sulfone groups is 1. The van der Waals surface area contributed by atoms with E-state index in [2.05, 4.69) is 10.3 Å². The Morgan fingerprint density at radius 3 is 2.29 bits per heavy atom.